The summed E-state index contributed by atoms with van der Waals surface area (Å²) >= 11 is 5.89. The van der Waals surface area contributed by atoms with Crippen molar-refractivity contribution in [3.05, 3.63) is 88.4 Å². The first-order chi connectivity index (χ1) is 12.5. The first-order valence-corrected chi connectivity index (χ1v) is 8.24. The number of aromatic carboxylic acids is 1. The van der Waals surface area contributed by atoms with Crippen molar-refractivity contribution >= 4 is 23.5 Å². The molecule has 0 radical (unpaired) electrons. The average Bonchev–Trinajstić information content (AvgIpc) is 2.61. The highest BCUT2D eigenvalue weighted by Crippen LogP contribution is 2.28. The fraction of sp³-hybridized carbons (Fsp3) is 0.0476. The minimum atomic E-state index is -1.19. The van der Waals surface area contributed by atoms with Gasteiger partial charge in [-0.25, -0.2) is 9.59 Å². The number of carboxylic acid groups (broad SMARTS) is 1. The van der Waals surface area contributed by atoms with Crippen LogP contribution in [0.1, 0.15) is 26.3 Å². The molecule has 0 bridgehead atoms. The summed E-state index contributed by atoms with van der Waals surface area (Å²) in [6.45, 7) is 1.92. The Morgan fingerprint density at radius 2 is 1.69 bits per heavy atom. The molecule has 3 rings (SSSR count). The van der Waals surface area contributed by atoms with Crippen molar-refractivity contribution in [2.24, 2.45) is 0 Å². The third kappa shape index (κ3) is 3.76. The lowest BCUT2D eigenvalue weighted by atomic mass is 9.94. The Balaban J connectivity index is 2.06. The lowest BCUT2D eigenvalue weighted by Crippen LogP contribution is -2.15. The van der Waals surface area contributed by atoms with Crippen LogP contribution in [-0.4, -0.2) is 17.0 Å². The van der Waals surface area contributed by atoms with Gasteiger partial charge in [0.05, 0.1) is 11.1 Å². The Hall–Kier alpha value is -3.11. The molecular formula is C21H15ClO4. The summed E-state index contributed by atoms with van der Waals surface area (Å²) in [5.41, 5.74) is 2.06. The van der Waals surface area contributed by atoms with E-state index in [0.717, 1.165) is 11.1 Å². The number of halogens is 1. The van der Waals surface area contributed by atoms with Crippen LogP contribution in [0.3, 0.4) is 0 Å². The van der Waals surface area contributed by atoms with E-state index in [4.69, 9.17) is 16.3 Å². The highest BCUT2D eigenvalue weighted by Gasteiger charge is 2.22. The molecule has 3 aromatic carbocycles. The molecule has 0 spiro atoms. The summed E-state index contributed by atoms with van der Waals surface area (Å²) in [5.74, 6) is -1.70. The molecule has 0 heterocycles. The molecule has 0 aromatic heterocycles. The first kappa shape index (κ1) is 17.7. The summed E-state index contributed by atoms with van der Waals surface area (Å²) in [5, 5.41) is 10.1. The van der Waals surface area contributed by atoms with Gasteiger partial charge in [-0.2, -0.15) is 0 Å². The fourth-order valence-corrected chi connectivity index (χ4v) is 2.88. The van der Waals surface area contributed by atoms with Gasteiger partial charge >= 0.3 is 11.9 Å². The van der Waals surface area contributed by atoms with Gasteiger partial charge in [0.1, 0.15) is 5.75 Å². The number of aryl methyl sites for hydroxylation is 1. The number of hydrogen-bond donors (Lipinski definition) is 1. The van der Waals surface area contributed by atoms with E-state index in [9.17, 15) is 14.7 Å². The quantitative estimate of drug-likeness (QED) is 0.507. The molecule has 0 fully saturated rings. The standard InChI is InChI=1S/C21H15ClO4/c1-13-5-2-6-14(11-13)17-9-4-10-18(19(17)20(23)24)21(25)26-16-8-3-7-15(22)12-16/h2-12H,1H3,(H,23,24). The van der Waals surface area contributed by atoms with E-state index in [1.54, 1.807) is 36.4 Å². The van der Waals surface area contributed by atoms with Crippen molar-refractivity contribution < 1.29 is 19.4 Å². The summed E-state index contributed by atoms with van der Waals surface area (Å²) in [7, 11) is 0. The molecule has 0 amide bonds. The van der Waals surface area contributed by atoms with Gasteiger partial charge in [-0.05, 0) is 42.3 Å². The monoisotopic (exact) mass is 366 g/mol. The number of carbonyl (C=O) groups excluding carboxylic acids is 1. The smallest absolute Gasteiger partial charge is 0.344 e. The van der Waals surface area contributed by atoms with Crippen molar-refractivity contribution in [3.63, 3.8) is 0 Å². The van der Waals surface area contributed by atoms with E-state index >= 15 is 0 Å². The van der Waals surface area contributed by atoms with Crippen LogP contribution in [0.5, 0.6) is 5.75 Å². The Morgan fingerprint density at radius 3 is 2.38 bits per heavy atom. The number of benzene rings is 3. The zero-order valence-electron chi connectivity index (χ0n) is 13.9. The van der Waals surface area contributed by atoms with E-state index in [0.29, 0.717) is 10.6 Å². The number of hydrogen-bond acceptors (Lipinski definition) is 3. The van der Waals surface area contributed by atoms with Gasteiger partial charge in [0.2, 0.25) is 0 Å². The van der Waals surface area contributed by atoms with Crippen molar-refractivity contribution in [2.45, 2.75) is 6.92 Å². The van der Waals surface area contributed by atoms with Gasteiger partial charge in [-0.1, -0.05) is 59.6 Å². The predicted octanol–water partition coefficient (Wildman–Crippen LogP) is 5.23. The van der Waals surface area contributed by atoms with Crippen LogP contribution in [0.4, 0.5) is 0 Å². The molecule has 0 unspecified atom stereocenters. The van der Waals surface area contributed by atoms with E-state index < -0.39 is 11.9 Å². The third-order valence-electron chi connectivity index (χ3n) is 3.83. The summed E-state index contributed by atoms with van der Waals surface area (Å²) in [6.07, 6.45) is 0. The lowest BCUT2D eigenvalue weighted by Gasteiger charge is -2.12. The van der Waals surface area contributed by atoms with Gasteiger partial charge in [-0.15, -0.1) is 0 Å². The Kier molecular flexibility index (Phi) is 5.05. The normalized spacial score (nSPS) is 10.4. The Bertz CT molecular complexity index is 995. The molecule has 130 valence electrons. The maximum absolute atomic E-state index is 12.6. The average molecular weight is 367 g/mol. The second-order valence-electron chi connectivity index (χ2n) is 5.75. The second kappa shape index (κ2) is 7.42. The Labute approximate surface area is 155 Å². The number of carboxylic acids is 1. The molecular weight excluding hydrogens is 352 g/mol. The third-order valence-corrected chi connectivity index (χ3v) is 4.07. The van der Waals surface area contributed by atoms with E-state index in [1.807, 2.05) is 25.1 Å². The molecule has 3 aromatic rings. The summed E-state index contributed by atoms with van der Waals surface area (Å²) in [4.78, 5) is 24.5. The van der Waals surface area contributed by atoms with Crippen LogP contribution >= 0.6 is 11.6 Å². The van der Waals surface area contributed by atoms with Gasteiger partial charge in [0.25, 0.3) is 0 Å². The fourth-order valence-electron chi connectivity index (χ4n) is 2.70. The van der Waals surface area contributed by atoms with Crippen molar-refractivity contribution in [3.8, 4) is 16.9 Å². The lowest BCUT2D eigenvalue weighted by molar-refractivity contribution is 0.0668. The highest BCUT2D eigenvalue weighted by molar-refractivity contribution is 6.30. The van der Waals surface area contributed by atoms with E-state index in [2.05, 4.69) is 0 Å². The minimum absolute atomic E-state index is 0.0171. The molecule has 0 atom stereocenters. The Morgan fingerprint density at radius 1 is 0.962 bits per heavy atom. The molecule has 0 saturated heterocycles. The van der Waals surface area contributed by atoms with Crippen molar-refractivity contribution in [1.29, 1.82) is 0 Å². The number of carbonyl (C=O) groups is 2. The zero-order valence-corrected chi connectivity index (χ0v) is 14.7. The van der Waals surface area contributed by atoms with Crippen LogP contribution < -0.4 is 4.74 Å². The maximum atomic E-state index is 12.6. The topological polar surface area (TPSA) is 63.6 Å². The SMILES string of the molecule is Cc1cccc(-c2cccc(C(=O)Oc3cccc(Cl)c3)c2C(=O)O)c1. The van der Waals surface area contributed by atoms with Crippen LogP contribution in [-0.2, 0) is 0 Å². The predicted molar refractivity (Wildman–Crippen MR) is 100.0 cm³/mol. The van der Waals surface area contributed by atoms with Gasteiger partial charge in [0.15, 0.2) is 0 Å². The number of ether oxygens (including phenoxy) is 1. The molecule has 0 aliphatic heterocycles. The molecule has 5 heteroatoms. The second-order valence-corrected chi connectivity index (χ2v) is 6.19. The first-order valence-electron chi connectivity index (χ1n) is 7.87. The summed E-state index contributed by atoms with van der Waals surface area (Å²) in [6, 6.07) is 18.6. The van der Waals surface area contributed by atoms with Crippen LogP contribution in [0.2, 0.25) is 5.02 Å². The van der Waals surface area contributed by atoms with Crippen LogP contribution in [0.25, 0.3) is 11.1 Å². The van der Waals surface area contributed by atoms with Crippen LogP contribution in [0, 0.1) is 6.92 Å². The van der Waals surface area contributed by atoms with Gasteiger partial charge in [-0.3, -0.25) is 0 Å². The van der Waals surface area contributed by atoms with Crippen molar-refractivity contribution in [2.75, 3.05) is 0 Å². The molecule has 4 nitrogen and oxygen atoms in total. The van der Waals surface area contributed by atoms with Gasteiger partial charge < -0.3 is 9.84 Å². The molecule has 0 saturated carbocycles. The van der Waals surface area contributed by atoms with E-state index in [-0.39, 0.29) is 16.9 Å². The minimum Gasteiger partial charge on any atom is -0.478 e. The van der Waals surface area contributed by atoms with Gasteiger partial charge in [0, 0.05) is 5.02 Å². The number of esters is 1. The molecule has 0 aliphatic carbocycles. The largest absolute Gasteiger partial charge is 0.478 e. The summed E-state index contributed by atoms with van der Waals surface area (Å²) < 4.78 is 5.30. The zero-order chi connectivity index (χ0) is 18.7. The molecule has 26 heavy (non-hydrogen) atoms. The highest BCUT2D eigenvalue weighted by atomic mass is 35.5. The molecule has 0 aliphatic rings. The van der Waals surface area contributed by atoms with Crippen LogP contribution in [0.15, 0.2) is 66.7 Å². The maximum Gasteiger partial charge on any atom is 0.344 e. The van der Waals surface area contributed by atoms with Crippen molar-refractivity contribution in [1.82, 2.24) is 0 Å². The van der Waals surface area contributed by atoms with E-state index in [1.165, 1.54) is 12.1 Å². The molecule has 1 N–H and O–H groups in total. The number of rotatable bonds is 4.